The Morgan fingerprint density at radius 1 is 1.11 bits per heavy atom. The molecule has 0 bridgehead atoms. The van der Waals surface area contributed by atoms with E-state index in [1.165, 1.54) is 7.11 Å². The summed E-state index contributed by atoms with van der Waals surface area (Å²) in [7, 11) is 3.16. The maximum Gasteiger partial charge on any atom is 0.261 e. The lowest BCUT2D eigenvalue weighted by Gasteiger charge is -2.15. The van der Waals surface area contributed by atoms with Crippen LogP contribution < -0.4 is 9.47 Å². The Balaban J connectivity index is 1.78. The van der Waals surface area contributed by atoms with Gasteiger partial charge in [-0.05, 0) is 55.7 Å². The van der Waals surface area contributed by atoms with Gasteiger partial charge in [0.25, 0.3) is 5.89 Å². The van der Waals surface area contributed by atoms with Crippen molar-refractivity contribution in [1.29, 1.82) is 0 Å². The molecular weight excluding hydrogens is 412 g/mol. The highest BCUT2D eigenvalue weighted by Crippen LogP contribution is 2.55. The predicted molar refractivity (Wildman–Crippen MR) is 103 cm³/mol. The predicted octanol–water partition coefficient (Wildman–Crippen LogP) is 4.61. The van der Waals surface area contributed by atoms with Crippen molar-refractivity contribution in [2.24, 2.45) is 0 Å². The third kappa shape index (κ3) is 2.96. The zero-order valence-corrected chi connectivity index (χ0v) is 16.8. The number of methoxy groups -OCH3 is 2. The van der Waals surface area contributed by atoms with Crippen LogP contribution in [0, 0.1) is 6.92 Å². The lowest BCUT2D eigenvalue weighted by Crippen LogP contribution is -2.12. The number of aryl methyl sites for hydroxylation is 1. The highest BCUT2D eigenvalue weighted by atomic mass is 79.9. The lowest BCUT2D eigenvalue weighted by molar-refractivity contribution is 0.370. The van der Waals surface area contributed by atoms with Crippen LogP contribution in [0.4, 0.5) is 0 Å². The summed E-state index contributed by atoms with van der Waals surface area (Å²) < 4.78 is 17.2. The zero-order chi connectivity index (χ0) is 19.2. The SMILES string of the molecule is COc1ccc(Br)cc1C1(c2noc(-c3cc(C)cc(OC)c3O)n2)CC1. The third-order valence-corrected chi connectivity index (χ3v) is 5.44. The number of benzene rings is 2. The first-order valence-corrected chi connectivity index (χ1v) is 9.34. The van der Waals surface area contributed by atoms with Gasteiger partial charge in [0, 0.05) is 10.0 Å². The quantitative estimate of drug-likeness (QED) is 0.636. The minimum absolute atomic E-state index is 0.0109. The monoisotopic (exact) mass is 430 g/mol. The van der Waals surface area contributed by atoms with E-state index in [1.54, 1.807) is 19.2 Å². The van der Waals surface area contributed by atoms with Crippen LogP contribution in [0.2, 0.25) is 0 Å². The number of nitrogens with zero attached hydrogens (tertiary/aromatic N) is 2. The first-order chi connectivity index (χ1) is 13.0. The van der Waals surface area contributed by atoms with Crippen molar-refractivity contribution in [3.05, 3.63) is 51.8 Å². The highest BCUT2D eigenvalue weighted by molar-refractivity contribution is 9.10. The molecule has 0 saturated heterocycles. The summed E-state index contributed by atoms with van der Waals surface area (Å²) in [6.07, 6.45) is 1.81. The fourth-order valence-electron chi connectivity index (χ4n) is 3.38. The first kappa shape index (κ1) is 17.9. The summed E-state index contributed by atoms with van der Waals surface area (Å²) in [5.41, 5.74) is 2.08. The van der Waals surface area contributed by atoms with Gasteiger partial charge in [0.1, 0.15) is 5.75 Å². The van der Waals surface area contributed by atoms with Crippen molar-refractivity contribution in [3.63, 3.8) is 0 Å². The topological polar surface area (TPSA) is 77.6 Å². The number of phenols is 1. The second kappa shape index (κ2) is 6.56. The number of aromatic nitrogens is 2. The molecule has 1 N–H and O–H groups in total. The van der Waals surface area contributed by atoms with Crippen molar-refractivity contribution in [2.45, 2.75) is 25.2 Å². The molecule has 0 spiro atoms. The van der Waals surface area contributed by atoms with E-state index in [1.807, 2.05) is 25.1 Å². The van der Waals surface area contributed by atoms with E-state index in [-0.39, 0.29) is 17.1 Å². The fraction of sp³-hybridized carbons (Fsp3) is 0.300. The molecule has 0 aliphatic heterocycles. The van der Waals surface area contributed by atoms with Gasteiger partial charge in [0.15, 0.2) is 17.3 Å². The molecule has 1 heterocycles. The van der Waals surface area contributed by atoms with Crippen molar-refractivity contribution < 1.29 is 19.1 Å². The maximum atomic E-state index is 10.5. The zero-order valence-electron chi connectivity index (χ0n) is 15.2. The molecule has 27 heavy (non-hydrogen) atoms. The fourth-order valence-corrected chi connectivity index (χ4v) is 3.75. The summed E-state index contributed by atoms with van der Waals surface area (Å²) in [6.45, 7) is 1.91. The average molecular weight is 431 g/mol. The van der Waals surface area contributed by atoms with Crippen LogP contribution in [0.5, 0.6) is 17.2 Å². The first-order valence-electron chi connectivity index (χ1n) is 8.54. The molecule has 1 saturated carbocycles. The summed E-state index contributed by atoms with van der Waals surface area (Å²) >= 11 is 3.53. The Bertz CT molecular complexity index is 1010. The number of rotatable bonds is 5. The molecule has 0 amide bonds. The van der Waals surface area contributed by atoms with Gasteiger partial charge in [0.2, 0.25) is 0 Å². The van der Waals surface area contributed by atoms with Crippen LogP contribution in [-0.4, -0.2) is 29.5 Å². The van der Waals surface area contributed by atoms with Gasteiger partial charge in [-0.3, -0.25) is 0 Å². The number of aromatic hydroxyl groups is 1. The summed E-state index contributed by atoms with van der Waals surface area (Å²) in [4.78, 5) is 4.61. The van der Waals surface area contributed by atoms with Crippen LogP contribution in [-0.2, 0) is 5.41 Å². The van der Waals surface area contributed by atoms with Crippen LogP contribution in [0.1, 0.15) is 29.8 Å². The Kier molecular flexibility index (Phi) is 4.34. The van der Waals surface area contributed by atoms with Crippen molar-refractivity contribution in [1.82, 2.24) is 10.1 Å². The Morgan fingerprint density at radius 3 is 2.52 bits per heavy atom. The summed E-state index contributed by atoms with van der Waals surface area (Å²) in [5.74, 6) is 2.02. The minimum atomic E-state index is -0.333. The van der Waals surface area contributed by atoms with Crippen LogP contribution in [0.3, 0.4) is 0 Å². The summed E-state index contributed by atoms with van der Waals surface area (Å²) in [5, 5.41) is 14.7. The molecule has 1 aliphatic carbocycles. The van der Waals surface area contributed by atoms with E-state index in [0.717, 1.165) is 34.2 Å². The Hall–Kier alpha value is -2.54. The molecular formula is C20H19BrN2O4. The van der Waals surface area contributed by atoms with Crippen molar-refractivity contribution in [3.8, 4) is 28.7 Å². The molecule has 1 aliphatic rings. The number of halogens is 1. The van der Waals surface area contributed by atoms with Gasteiger partial charge in [-0.15, -0.1) is 0 Å². The van der Waals surface area contributed by atoms with Gasteiger partial charge < -0.3 is 19.1 Å². The smallest absolute Gasteiger partial charge is 0.261 e. The highest BCUT2D eigenvalue weighted by Gasteiger charge is 2.52. The normalized spacial score (nSPS) is 14.8. The molecule has 6 nitrogen and oxygen atoms in total. The molecule has 140 valence electrons. The van der Waals surface area contributed by atoms with Crippen LogP contribution in [0.15, 0.2) is 39.3 Å². The van der Waals surface area contributed by atoms with Gasteiger partial charge in [-0.1, -0.05) is 21.1 Å². The van der Waals surface area contributed by atoms with E-state index in [4.69, 9.17) is 14.0 Å². The Labute approximate surface area is 165 Å². The third-order valence-electron chi connectivity index (χ3n) is 4.95. The van der Waals surface area contributed by atoms with Crippen molar-refractivity contribution in [2.75, 3.05) is 14.2 Å². The van der Waals surface area contributed by atoms with Gasteiger partial charge in [-0.2, -0.15) is 4.98 Å². The van der Waals surface area contributed by atoms with Crippen molar-refractivity contribution >= 4 is 15.9 Å². The number of phenolic OH excluding ortho intramolecular Hbond substituents is 1. The molecule has 3 aromatic rings. The number of ether oxygens (including phenoxy) is 2. The van der Waals surface area contributed by atoms with E-state index in [9.17, 15) is 5.11 Å². The minimum Gasteiger partial charge on any atom is -0.504 e. The molecule has 0 radical (unpaired) electrons. The molecule has 7 heteroatoms. The summed E-state index contributed by atoms with van der Waals surface area (Å²) in [6, 6.07) is 9.46. The van der Waals surface area contributed by atoms with E-state index in [0.29, 0.717) is 17.1 Å². The Morgan fingerprint density at radius 2 is 1.85 bits per heavy atom. The van der Waals surface area contributed by atoms with Gasteiger partial charge in [-0.25, -0.2) is 0 Å². The largest absolute Gasteiger partial charge is 0.504 e. The maximum absolute atomic E-state index is 10.5. The van der Waals surface area contributed by atoms with E-state index < -0.39 is 0 Å². The van der Waals surface area contributed by atoms with E-state index >= 15 is 0 Å². The number of hydrogen-bond acceptors (Lipinski definition) is 6. The molecule has 0 atom stereocenters. The average Bonchev–Trinajstić information content (AvgIpc) is 3.33. The lowest BCUT2D eigenvalue weighted by atomic mass is 9.94. The molecule has 1 aromatic heterocycles. The van der Waals surface area contributed by atoms with Crippen LogP contribution in [0.25, 0.3) is 11.5 Å². The van der Waals surface area contributed by atoms with Gasteiger partial charge in [0.05, 0.1) is 25.2 Å². The second-order valence-corrected chi connectivity index (χ2v) is 7.63. The molecule has 4 rings (SSSR count). The van der Waals surface area contributed by atoms with E-state index in [2.05, 4.69) is 26.1 Å². The van der Waals surface area contributed by atoms with Gasteiger partial charge >= 0.3 is 0 Å². The van der Waals surface area contributed by atoms with Crippen LogP contribution >= 0.6 is 15.9 Å². The molecule has 1 fully saturated rings. The number of hydrogen-bond donors (Lipinski definition) is 1. The standard InChI is InChI=1S/C20H19BrN2O4/c1-11-8-13(17(24)16(9-11)26-3)18-22-19(23-27-18)20(6-7-20)14-10-12(21)4-5-15(14)25-2/h4-5,8-10,24H,6-7H2,1-3H3. The second-order valence-electron chi connectivity index (χ2n) is 6.71. The molecule has 2 aromatic carbocycles. The molecule has 0 unspecified atom stereocenters.